The summed E-state index contributed by atoms with van der Waals surface area (Å²) in [7, 11) is 0. The van der Waals surface area contributed by atoms with Crippen LogP contribution in [0.15, 0.2) is 10.5 Å². The van der Waals surface area contributed by atoms with E-state index in [-0.39, 0.29) is 17.4 Å². The number of hydrogen-bond donors (Lipinski definition) is 2. The first kappa shape index (κ1) is 16.4. The topological polar surface area (TPSA) is 68.3 Å². The van der Waals surface area contributed by atoms with Crippen LogP contribution in [0.25, 0.3) is 0 Å². The number of aryl methyl sites for hydroxylation is 1. The van der Waals surface area contributed by atoms with Gasteiger partial charge in [-0.15, -0.1) is 0 Å². The molecule has 1 unspecified atom stereocenters. The molecule has 0 saturated heterocycles. The Morgan fingerprint density at radius 2 is 2.33 bits per heavy atom. The van der Waals surface area contributed by atoms with Crippen molar-refractivity contribution in [2.45, 2.75) is 52.1 Å². The highest BCUT2D eigenvalue weighted by molar-refractivity contribution is 7.98. The Labute approximate surface area is 131 Å². The van der Waals surface area contributed by atoms with Crippen molar-refractivity contribution in [3.63, 3.8) is 0 Å². The summed E-state index contributed by atoms with van der Waals surface area (Å²) in [5.41, 5.74) is 7.21. The Morgan fingerprint density at radius 1 is 1.62 bits per heavy atom. The second kappa shape index (κ2) is 6.44. The number of thioether (sulfide) groups is 1. The molecule has 0 radical (unpaired) electrons. The van der Waals surface area contributed by atoms with Gasteiger partial charge >= 0.3 is 0 Å². The van der Waals surface area contributed by atoms with Crippen molar-refractivity contribution < 1.29 is 9.21 Å². The van der Waals surface area contributed by atoms with E-state index in [1.54, 1.807) is 11.8 Å². The maximum absolute atomic E-state index is 12.3. The average Bonchev–Trinajstić information content (AvgIpc) is 2.74. The highest BCUT2D eigenvalue weighted by Crippen LogP contribution is 2.42. The second-order valence-electron chi connectivity index (χ2n) is 6.73. The van der Waals surface area contributed by atoms with Crippen LogP contribution < -0.4 is 11.1 Å². The van der Waals surface area contributed by atoms with Gasteiger partial charge in [-0.2, -0.15) is 11.8 Å². The summed E-state index contributed by atoms with van der Waals surface area (Å²) in [6, 6.07) is 1.62. The zero-order valence-corrected chi connectivity index (χ0v) is 14.2. The number of rotatable bonds is 5. The van der Waals surface area contributed by atoms with E-state index in [1.165, 1.54) is 0 Å². The minimum Gasteiger partial charge on any atom is -0.466 e. The Kier molecular flexibility index (Phi) is 5.04. The number of hydrogen-bond acceptors (Lipinski definition) is 4. The predicted molar refractivity (Wildman–Crippen MR) is 87.4 cm³/mol. The second-order valence-corrected chi connectivity index (χ2v) is 7.72. The third kappa shape index (κ3) is 4.04. The fourth-order valence-electron chi connectivity index (χ4n) is 2.97. The maximum Gasteiger partial charge on any atom is 0.237 e. The molecule has 0 bridgehead atoms. The van der Waals surface area contributed by atoms with E-state index in [9.17, 15) is 4.79 Å². The number of nitrogens with one attached hydrogen (secondary N) is 1. The zero-order valence-electron chi connectivity index (χ0n) is 13.4. The van der Waals surface area contributed by atoms with E-state index < -0.39 is 6.04 Å². The molecule has 1 aromatic heterocycles. The van der Waals surface area contributed by atoms with Crippen LogP contribution >= 0.6 is 11.8 Å². The monoisotopic (exact) mass is 310 g/mol. The SMILES string of the molecule is CSCC[C@H](N)C(=O)NC1CC(C)(C)Cc2oc(C)cc21. The molecule has 2 rings (SSSR count). The molecule has 1 aliphatic carbocycles. The molecule has 1 heterocycles. The van der Waals surface area contributed by atoms with Crippen LogP contribution in [0.1, 0.15) is 49.8 Å². The van der Waals surface area contributed by atoms with Gasteiger partial charge in [-0.25, -0.2) is 0 Å². The third-order valence-corrected chi connectivity index (χ3v) is 4.67. The van der Waals surface area contributed by atoms with Gasteiger partial charge < -0.3 is 15.5 Å². The van der Waals surface area contributed by atoms with Crippen LogP contribution in [-0.4, -0.2) is 24.0 Å². The van der Waals surface area contributed by atoms with Gasteiger partial charge in [-0.3, -0.25) is 4.79 Å². The molecule has 5 heteroatoms. The standard InChI is InChI=1S/C16H26N2O2S/c1-10-7-11-13(8-16(2,3)9-14(11)20-10)18-15(19)12(17)5-6-21-4/h7,12-13H,5-6,8-9,17H2,1-4H3,(H,18,19)/t12-,13?/m0/s1. The number of amides is 1. The van der Waals surface area contributed by atoms with Gasteiger partial charge in [0.1, 0.15) is 11.5 Å². The van der Waals surface area contributed by atoms with Gasteiger partial charge in [-0.05, 0) is 43.3 Å². The van der Waals surface area contributed by atoms with Crippen LogP contribution in [0.4, 0.5) is 0 Å². The summed E-state index contributed by atoms with van der Waals surface area (Å²) in [6.07, 6.45) is 4.57. The molecule has 1 amide bonds. The Balaban J connectivity index is 2.10. The van der Waals surface area contributed by atoms with Crippen LogP contribution in [0.3, 0.4) is 0 Å². The molecule has 0 fully saturated rings. The van der Waals surface area contributed by atoms with Gasteiger partial charge in [0.15, 0.2) is 0 Å². The highest BCUT2D eigenvalue weighted by atomic mass is 32.2. The number of furan rings is 1. The van der Waals surface area contributed by atoms with E-state index >= 15 is 0 Å². The van der Waals surface area contributed by atoms with Crippen LogP contribution in [0, 0.1) is 12.3 Å². The van der Waals surface area contributed by atoms with Crippen molar-refractivity contribution in [2.75, 3.05) is 12.0 Å². The van der Waals surface area contributed by atoms with Crippen molar-refractivity contribution >= 4 is 17.7 Å². The molecule has 0 spiro atoms. The summed E-state index contributed by atoms with van der Waals surface area (Å²) in [6.45, 7) is 6.37. The Morgan fingerprint density at radius 3 is 3.00 bits per heavy atom. The van der Waals surface area contributed by atoms with Crippen molar-refractivity contribution in [1.82, 2.24) is 5.32 Å². The van der Waals surface area contributed by atoms with Crippen LogP contribution in [0.2, 0.25) is 0 Å². The third-order valence-electron chi connectivity index (χ3n) is 4.02. The molecule has 0 aliphatic heterocycles. The number of nitrogens with two attached hydrogens (primary N) is 1. The van der Waals surface area contributed by atoms with E-state index in [1.807, 2.05) is 19.2 Å². The van der Waals surface area contributed by atoms with Crippen molar-refractivity contribution in [3.8, 4) is 0 Å². The minimum absolute atomic E-state index is 0.00836. The van der Waals surface area contributed by atoms with Gasteiger partial charge in [-0.1, -0.05) is 13.8 Å². The zero-order chi connectivity index (χ0) is 15.6. The van der Waals surface area contributed by atoms with E-state index in [2.05, 4.69) is 19.2 Å². The first-order valence-corrected chi connectivity index (χ1v) is 8.86. The molecule has 4 nitrogen and oxygen atoms in total. The van der Waals surface area contributed by atoms with E-state index in [0.29, 0.717) is 6.42 Å². The van der Waals surface area contributed by atoms with E-state index in [4.69, 9.17) is 10.2 Å². The van der Waals surface area contributed by atoms with E-state index in [0.717, 1.165) is 35.7 Å². The van der Waals surface area contributed by atoms with Crippen molar-refractivity contribution in [2.24, 2.45) is 11.1 Å². The average molecular weight is 310 g/mol. The summed E-state index contributed by atoms with van der Waals surface area (Å²) < 4.78 is 5.79. The molecule has 1 aliphatic rings. The highest BCUT2D eigenvalue weighted by Gasteiger charge is 2.36. The fourth-order valence-corrected chi connectivity index (χ4v) is 3.46. The first-order valence-electron chi connectivity index (χ1n) is 7.46. The summed E-state index contributed by atoms with van der Waals surface area (Å²) in [5.74, 6) is 2.76. The molecular weight excluding hydrogens is 284 g/mol. The van der Waals surface area contributed by atoms with Crippen molar-refractivity contribution in [1.29, 1.82) is 0 Å². The van der Waals surface area contributed by atoms with Gasteiger partial charge in [0.25, 0.3) is 0 Å². The molecule has 0 aromatic carbocycles. The lowest BCUT2D eigenvalue weighted by molar-refractivity contribution is -0.123. The molecule has 2 atom stereocenters. The van der Waals surface area contributed by atoms with Crippen molar-refractivity contribution in [3.05, 3.63) is 23.2 Å². The number of carbonyl (C=O) groups is 1. The molecule has 3 N–H and O–H groups in total. The number of fused-ring (bicyclic) bond motifs is 1. The van der Waals surface area contributed by atoms with Gasteiger partial charge in [0.05, 0.1) is 12.1 Å². The molecule has 1 aromatic rings. The summed E-state index contributed by atoms with van der Waals surface area (Å²) >= 11 is 1.71. The predicted octanol–water partition coefficient (Wildman–Crippen LogP) is 2.80. The summed E-state index contributed by atoms with van der Waals surface area (Å²) in [4.78, 5) is 12.3. The lowest BCUT2D eigenvalue weighted by Gasteiger charge is -2.35. The maximum atomic E-state index is 12.3. The largest absolute Gasteiger partial charge is 0.466 e. The van der Waals surface area contributed by atoms with Crippen LogP contribution in [-0.2, 0) is 11.2 Å². The lowest BCUT2D eigenvalue weighted by atomic mass is 9.74. The Hall–Kier alpha value is -0.940. The summed E-state index contributed by atoms with van der Waals surface area (Å²) in [5, 5.41) is 3.12. The minimum atomic E-state index is -0.432. The normalized spacial score (nSPS) is 21.7. The first-order chi connectivity index (χ1) is 9.82. The molecule has 21 heavy (non-hydrogen) atoms. The quantitative estimate of drug-likeness (QED) is 0.877. The molecule has 118 valence electrons. The Bertz CT molecular complexity index is 510. The van der Waals surface area contributed by atoms with Gasteiger partial charge in [0, 0.05) is 12.0 Å². The smallest absolute Gasteiger partial charge is 0.237 e. The fraction of sp³-hybridized carbons (Fsp3) is 0.688. The molecule has 0 saturated carbocycles. The van der Waals surface area contributed by atoms with Crippen LogP contribution in [0.5, 0.6) is 0 Å². The lowest BCUT2D eigenvalue weighted by Crippen LogP contribution is -2.44. The number of carbonyl (C=O) groups excluding carboxylic acids is 1. The van der Waals surface area contributed by atoms with Gasteiger partial charge in [0.2, 0.25) is 5.91 Å². The molecular formula is C16H26N2O2S.